The fourth-order valence-corrected chi connectivity index (χ4v) is 20.2. The van der Waals surface area contributed by atoms with Crippen molar-refractivity contribution in [1.29, 1.82) is 0 Å². The van der Waals surface area contributed by atoms with Crippen molar-refractivity contribution in [2.45, 2.75) is 26.2 Å². The van der Waals surface area contributed by atoms with Gasteiger partial charge in [-0.25, -0.2) is 19.9 Å². The third kappa shape index (κ3) is 15.6. The monoisotopic (exact) mass is 1770 g/mol. The maximum absolute atomic E-state index is 5.25. The highest BCUT2D eigenvalue weighted by Crippen LogP contribution is 2.49. The fourth-order valence-electron chi connectivity index (χ4n) is 20.2. The smallest absolute Gasteiger partial charge is 0.238 e. The van der Waals surface area contributed by atoms with Crippen LogP contribution in [0.4, 0.5) is 0 Å². The Kier molecular flexibility index (Phi) is 21.7. The number of benzene rings is 18. The van der Waals surface area contributed by atoms with Crippen LogP contribution < -0.4 is 0 Å². The number of fused-ring (bicyclic) bond motifs is 21. The van der Waals surface area contributed by atoms with Crippen LogP contribution >= 0.6 is 0 Å². The number of hydrogen-bond donors (Lipinski definition) is 0. The first-order valence-corrected chi connectivity index (χ1v) is 46.7. The summed E-state index contributed by atoms with van der Waals surface area (Å²) in [5.41, 5.74) is 37.3. The van der Waals surface area contributed by atoms with Gasteiger partial charge in [0.05, 0.1) is 44.5 Å². The minimum absolute atomic E-state index is 0.611. The number of para-hydroxylation sites is 3. The van der Waals surface area contributed by atoms with Crippen LogP contribution in [-0.4, -0.2) is 53.6 Å². The number of rotatable bonds is 12. The molecule has 11 heteroatoms. The van der Waals surface area contributed by atoms with E-state index in [1.54, 1.807) is 6.92 Å². The van der Waals surface area contributed by atoms with E-state index in [1.165, 1.54) is 116 Å². The maximum atomic E-state index is 5.25. The lowest BCUT2D eigenvalue weighted by atomic mass is 10.0. The summed E-state index contributed by atoms with van der Waals surface area (Å²) in [6, 6.07) is 156. The second-order valence-electron chi connectivity index (χ2n) is 34.7. The lowest BCUT2D eigenvalue weighted by molar-refractivity contribution is 0.949. The van der Waals surface area contributed by atoms with Crippen LogP contribution in [0.15, 0.2) is 443 Å². The molecular formula is C128H83N11. The van der Waals surface area contributed by atoms with Gasteiger partial charge in [-0.2, -0.15) is 19.9 Å². The molecule has 0 atom stereocenters. The van der Waals surface area contributed by atoms with Crippen LogP contribution in [0, 0.1) is 36.0 Å². The van der Waals surface area contributed by atoms with Gasteiger partial charge in [-0.3, -0.25) is 13.7 Å². The van der Waals surface area contributed by atoms with Gasteiger partial charge in [0.15, 0.2) is 23.3 Å². The third-order valence-electron chi connectivity index (χ3n) is 26.6. The summed E-state index contributed by atoms with van der Waals surface area (Å²) >= 11 is 0. The Morgan fingerprint density at radius 3 is 0.856 bits per heavy atom. The lowest BCUT2D eigenvalue weighted by Crippen LogP contribution is -2.07. The molecule has 6 heterocycles. The highest BCUT2D eigenvalue weighted by molar-refractivity contribution is 6.15. The molecule has 0 aliphatic heterocycles. The molecule has 27 rings (SSSR count). The number of terminal acetylenes is 1. The van der Waals surface area contributed by atoms with Crippen LogP contribution in [0.1, 0.15) is 40.3 Å². The standard InChI is InChI=1S/C46H30N4.C40H26N4.C35H23N3.C7H4/c1-3-11-30(12-4-1)32-19-23-34(24-20-32)44-47-45(35-25-21-33(22-26-35)31-13-5-2-6-14-31)49-46(48-44)50-42-18-10-9-17-39(42)40-28-27-38-37-16-8-7-15-36(37)29-41(38)43(40)50;1-3-12-26(13-4-1)28-17-11-18-30(24-28)39-41-38(27-14-5-2-6-15-27)42-40(43-39)44-36-21-10-9-20-33(36)34-23-22-32-31-19-8-7-16-29(31)25-35(32)37(34)44;1-3-11-23(12-4-1)31-22-32(24-13-5-2-6-14-24)37-35(36-31)38-33-18-10-9-17-28(33)29-20-19-27-26-16-8-7-15-25(26)21-30(27)34(29)38;1-3-5-7-6-4-2/h1-28H,29H2;1-24H,25H2;1-20,22H,21H2;1H,2H3. The first-order chi connectivity index (χ1) is 68.9. The third-order valence-corrected chi connectivity index (χ3v) is 26.6. The van der Waals surface area contributed by atoms with Crippen molar-refractivity contribution >= 4 is 65.4 Å². The molecular weight excluding hydrogens is 1690 g/mol. The Bertz CT molecular complexity index is 8930. The zero-order valence-electron chi connectivity index (χ0n) is 75.8. The number of hydrogen-bond acceptors (Lipinski definition) is 8. The molecule has 0 N–H and O–H groups in total. The SMILES string of the molecule is C#CC#CC#CC.c1ccc(-c2cc(-c3ccccc3)nc(-n3c4ccccc4c4ccc5c(c43)Cc3ccccc3-5)n2)cc1.c1ccc(-c2ccc(-c3nc(-c4ccc(-c5ccccc5)cc4)nc(-n4c5ccccc5c5ccc6c(c54)Cc4ccccc4-6)n3)cc2)cc1.c1ccc(-c2cccc(-c3nc(-c4ccccc4)nc(-n4c5ccccc5c5ccc6c(c54)Cc4ccccc4-6)n3)c2)cc1. The maximum Gasteiger partial charge on any atom is 0.238 e. The van der Waals surface area contributed by atoms with Gasteiger partial charge in [0.2, 0.25) is 17.8 Å². The molecule has 0 bridgehead atoms. The molecule has 18 aromatic carbocycles. The van der Waals surface area contributed by atoms with E-state index in [0.29, 0.717) is 41.1 Å². The molecule has 0 amide bonds. The zero-order valence-corrected chi connectivity index (χ0v) is 75.8. The molecule has 0 spiro atoms. The highest BCUT2D eigenvalue weighted by atomic mass is 15.2. The predicted octanol–water partition coefficient (Wildman–Crippen LogP) is 29.9. The minimum Gasteiger partial charge on any atom is -0.278 e. The second kappa shape index (κ2) is 36.3. The Labute approximate surface area is 804 Å². The summed E-state index contributed by atoms with van der Waals surface area (Å²) in [7, 11) is 0. The van der Waals surface area contributed by atoms with E-state index in [9.17, 15) is 0 Å². The van der Waals surface area contributed by atoms with Gasteiger partial charge in [0.25, 0.3) is 0 Å². The van der Waals surface area contributed by atoms with E-state index in [4.69, 9.17) is 46.3 Å². The van der Waals surface area contributed by atoms with Crippen LogP contribution in [0.2, 0.25) is 0 Å². The van der Waals surface area contributed by atoms with Crippen molar-refractivity contribution in [1.82, 2.24) is 53.6 Å². The van der Waals surface area contributed by atoms with Crippen LogP contribution in [-0.2, 0) is 19.3 Å². The molecule has 0 unspecified atom stereocenters. The summed E-state index contributed by atoms with van der Waals surface area (Å²) < 4.78 is 6.81. The lowest BCUT2D eigenvalue weighted by Gasteiger charge is -2.13. The molecule has 6 aromatic heterocycles. The molecule has 24 aromatic rings. The van der Waals surface area contributed by atoms with Crippen molar-refractivity contribution in [3.05, 3.63) is 476 Å². The first-order valence-electron chi connectivity index (χ1n) is 46.7. The van der Waals surface area contributed by atoms with Gasteiger partial charge in [-0.05, 0) is 161 Å². The largest absolute Gasteiger partial charge is 0.278 e. The van der Waals surface area contributed by atoms with Gasteiger partial charge < -0.3 is 0 Å². The van der Waals surface area contributed by atoms with Crippen molar-refractivity contribution < 1.29 is 0 Å². The van der Waals surface area contributed by atoms with Crippen LogP contribution in [0.5, 0.6) is 0 Å². The van der Waals surface area contributed by atoms with Crippen molar-refractivity contribution in [2.24, 2.45) is 0 Å². The van der Waals surface area contributed by atoms with E-state index in [0.717, 1.165) is 114 Å². The second-order valence-corrected chi connectivity index (χ2v) is 34.7. The normalized spacial score (nSPS) is 11.6. The van der Waals surface area contributed by atoms with Crippen molar-refractivity contribution in [3.63, 3.8) is 0 Å². The van der Waals surface area contributed by atoms with Crippen molar-refractivity contribution in [3.8, 4) is 189 Å². The molecule has 11 nitrogen and oxygen atoms in total. The van der Waals surface area contributed by atoms with Crippen molar-refractivity contribution in [2.75, 3.05) is 0 Å². The van der Waals surface area contributed by atoms with E-state index < -0.39 is 0 Å². The molecule has 0 fully saturated rings. The summed E-state index contributed by atoms with van der Waals surface area (Å²) in [5.74, 6) is 16.5. The van der Waals surface area contributed by atoms with Gasteiger partial charge in [0, 0.05) is 85.0 Å². The first kappa shape index (κ1) is 83.2. The average Bonchev–Trinajstić information content (AvgIpc) is 1.57. The van der Waals surface area contributed by atoms with E-state index in [-0.39, 0.29) is 0 Å². The Hall–Kier alpha value is -18.9. The summed E-state index contributed by atoms with van der Waals surface area (Å²) in [6.45, 7) is 1.71. The zero-order chi connectivity index (χ0) is 92.6. The van der Waals surface area contributed by atoms with Crippen LogP contribution in [0.3, 0.4) is 0 Å². The molecule has 3 aliphatic rings. The van der Waals surface area contributed by atoms with Gasteiger partial charge in [-0.15, -0.1) is 6.42 Å². The van der Waals surface area contributed by atoms with E-state index in [1.807, 2.05) is 48.5 Å². The Balaban J connectivity index is 0.000000110. The number of aromatic nitrogens is 11. The molecule has 3 aliphatic carbocycles. The molecule has 0 saturated heterocycles. The minimum atomic E-state index is 0.611. The Morgan fingerprint density at radius 2 is 0.489 bits per heavy atom. The summed E-state index contributed by atoms with van der Waals surface area (Å²) in [5, 5.41) is 7.25. The molecule has 650 valence electrons. The highest BCUT2D eigenvalue weighted by Gasteiger charge is 2.31. The topological polar surface area (TPSA) is 118 Å². The summed E-state index contributed by atoms with van der Waals surface area (Å²) in [6.07, 6.45) is 7.43. The Morgan fingerprint density at radius 1 is 0.209 bits per heavy atom. The average molecular weight is 1780 g/mol. The quantitative estimate of drug-likeness (QED) is 0.111. The van der Waals surface area contributed by atoms with E-state index >= 15 is 0 Å². The molecule has 0 saturated carbocycles. The van der Waals surface area contributed by atoms with Gasteiger partial charge in [-0.1, -0.05) is 418 Å². The van der Waals surface area contributed by atoms with E-state index in [2.05, 4.69) is 438 Å². The van der Waals surface area contributed by atoms with Crippen LogP contribution in [0.25, 0.3) is 218 Å². The molecule has 139 heavy (non-hydrogen) atoms. The van der Waals surface area contributed by atoms with Gasteiger partial charge in [0.1, 0.15) is 0 Å². The fraction of sp³-hybridized carbons (Fsp3) is 0.0312. The number of nitrogens with zero attached hydrogens (tertiary/aromatic N) is 11. The predicted molar refractivity (Wildman–Crippen MR) is 568 cm³/mol. The summed E-state index contributed by atoms with van der Waals surface area (Å²) in [4.78, 5) is 41.5. The van der Waals surface area contributed by atoms with Gasteiger partial charge >= 0.3 is 0 Å². The molecule has 0 radical (unpaired) electrons.